The van der Waals surface area contributed by atoms with Crippen molar-refractivity contribution in [3.8, 4) is 11.5 Å². The summed E-state index contributed by atoms with van der Waals surface area (Å²) in [5.74, 6) is 0.332. The zero-order valence-electron chi connectivity index (χ0n) is 20.1. The van der Waals surface area contributed by atoms with Gasteiger partial charge < -0.3 is 19.5 Å². The Morgan fingerprint density at radius 1 is 1.12 bits per heavy atom. The first-order valence-electron chi connectivity index (χ1n) is 11.4. The molecule has 1 aliphatic heterocycles. The van der Waals surface area contributed by atoms with Gasteiger partial charge in [-0.05, 0) is 42.9 Å². The Balaban J connectivity index is 2.08. The smallest absolute Gasteiger partial charge is 0.336 e. The topological polar surface area (TPSA) is 73.9 Å². The first-order valence-corrected chi connectivity index (χ1v) is 11.4. The van der Waals surface area contributed by atoms with E-state index in [0.29, 0.717) is 35.7 Å². The quantitative estimate of drug-likeness (QED) is 0.450. The monoisotopic (exact) mass is 441 g/mol. The summed E-state index contributed by atoms with van der Waals surface area (Å²) < 4.78 is 16.5. The van der Waals surface area contributed by atoms with Crippen molar-refractivity contribution >= 4 is 11.8 Å². The third kappa shape index (κ3) is 4.84. The molecule has 0 fully saturated rings. The highest BCUT2D eigenvalue weighted by molar-refractivity contribution is 6.04. The van der Waals surface area contributed by atoms with Crippen molar-refractivity contribution in [3.05, 3.63) is 46.3 Å². The fraction of sp³-hybridized carbons (Fsp3) is 0.538. The van der Waals surface area contributed by atoms with Crippen LogP contribution in [-0.2, 0) is 14.3 Å². The van der Waals surface area contributed by atoms with E-state index in [4.69, 9.17) is 14.2 Å². The van der Waals surface area contributed by atoms with E-state index in [1.54, 1.807) is 14.2 Å². The lowest BCUT2D eigenvalue weighted by Crippen LogP contribution is -2.38. The molecule has 1 aromatic carbocycles. The molecule has 0 amide bonds. The number of ether oxygens (including phenoxy) is 3. The maximum atomic E-state index is 13.4. The van der Waals surface area contributed by atoms with Crippen molar-refractivity contribution in [1.82, 2.24) is 5.32 Å². The van der Waals surface area contributed by atoms with E-state index in [1.807, 2.05) is 25.1 Å². The molecule has 3 rings (SSSR count). The zero-order chi connectivity index (χ0) is 23.5. The highest BCUT2D eigenvalue weighted by Gasteiger charge is 2.43. The maximum absolute atomic E-state index is 13.4. The zero-order valence-corrected chi connectivity index (χ0v) is 20.1. The van der Waals surface area contributed by atoms with E-state index in [1.165, 1.54) is 0 Å². The van der Waals surface area contributed by atoms with Gasteiger partial charge in [0.2, 0.25) is 0 Å². The Bertz CT molecular complexity index is 957. The number of nitrogens with one attached hydrogen (secondary N) is 1. The molecule has 0 unspecified atom stereocenters. The van der Waals surface area contributed by atoms with Crippen molar-refractivity contribution in [2.75, 3.05) is 20.8 Å². The van der Waals surface area contributed by atoms with Crippen LogP contribution in [0.5, 0.6) is 11.5 Å². The minimum atomic E-state index is -0.506. The van der Waals surface area contributed by atoms with Gasteiger partial charge in [-0.25, -0.2) is 4.79 Å². The van der Waals surface area contributed by atoms with Crippen LogP contribution in [0.3, 0.4) is 0 Å². The number of esters is 1. The second-order valence-electron chi connectivity index (χ2n) is 9.39. The minimum absolute atomic E-state index is 0.0623. The molecule has 1 atom stereocenters. The second-order valence-corrected chi connectivity index (χ2v) is 9.39. The van der Waals surface area contributed by atoms with Gasteiger partial charge in [-0.15, -0.1) is 0 Å². The summed E-state index contributed by atoms with van der Waals surface area (Å²) in [6.07, 6.45) is 4.06. The number of carbonyl (C=O) groups is 2. The van der Waals surface area contributed by atoms with E-state index >= 15 is 0 Å². The fourth-order valence-corrected chi connectivity index (χ4v) is 4.67. The molecule has 1 aromatic rings. The number of carbonyl (C=O) groups excluding carboxylic acids is 2. The second kappa shape index (κ2) is 9.80. The summed E-state index contributed by atoms with van der Waals surface area (Å²) in [4.78, 5) is 26.6. The van der Waals surface area contributed by atoms with Crippen LogP contribution in [0.2, 0.25) is 0 Å². The summed E-state index contributed by atoms with van der Waals surface area (Å²) in [5.41, 5.74) is 3.44. The largest absolute Gasteiger partial charge is 0.493 e. The van der Waals surface area contributed by atoms with Crippen molar-refractivity contribution in [1.29, 1.82) is 0 Å². The highest BCUT2D eigenvalue weighted by Crippen LogP contribution is 2.47. The van der Waals surface area contributed by atoms with Crippen LogP contribution in [0, 0.1) is 5.41 Å². The molecule has 0 saturated heterocycles. The molecule has 1 aliphatic carbocycles. The van der Waals surface area contributed by atoms with Crippen LogP contribution in [0.15, 0.2) is 40.7 Å². The number of hydrogen-bond donors (Lipinski definition) is 1. The van der Waals surface area contributed by atoms with Crippen LogP contribution in [0.25, 0.3) is 0 Å². The Morgan fingerprint density at radius 3 is 2.50 bits per heavy atom. The molecule has 0 saturated carbocycles. The van der Waals surface area contributed by atoms with Gasteiger partial charge in [0, 0.05) is 29.3 Å². The van der Waals surface area contributed by atoms with Crippen LogP contribution in [0.1, 0.15) is 71.3 Å². The number of Topliss-reactive ketones (excluding diaryl/α,β-unsaturated/α-hetero) is 1. The number of dihydropyridines is 1. The van der Waals surface area contributed by atoms with Gasteiger partial charge in [0.05, 0.1) is 26.4 Å². The molecule has 1 heterocycles. The number of methoxy groups -OCH3 is 2. The van der Waals surface area contributed by atoms with Gasteiger partial charge in [0.1, 0.15) is 0 Å². The predicted octanol–water partition coefficient (Wildman–Crippen LogP) is 5.04. The summed E-state index contributed by atoms with van der Waals surface area (Å²) >= 11 is 0. The molecule has 174 valence electrons. The average molecular weight is 442 g/mol. The predicted molar refractivity (Wildman–Crippen MR) is 124 cm³/mol. The molecular weight excluding hydrogens is 406 g/mol. The molecule has 32 heavy (non-hydrogen) atoms. The van der Waals surface area contributed by atoms with Crippen molar-refractivity contribution in [3.63, 3.8) is 0 Å². The van der Waals surface area contributed by atoms with E-state index in [2.05, 4.69) is 26.1 Å². The van der Waals surface area contributed by atoms with E-state index < -0.39 is 5.92 Å². The Morgan fingerprint density at radius 2 is 1.84 bits per heavy atom. The van der Waals surface area contributed by atoms with Gasteiger partial charge in [0.25, 0.3) is 0 Å². The SMILES string of the molecule is CCCCCOC(=O)C1=C(C)NC2=C(C(=O)CC(C)(C)C2)[C@H]1c1ccc(OC)c(OC)c1. The van der Waals surface area contributed by atoms with Crippen LogP contribution in [0.4, 0.5) is 0 Å². The number of benzene rings is 1. The summed E-state index contributed by atoms with van der Waals surface area (Å²) in [7, 11) is 3.16. The van der Waals surface area contributed by atoms with Crippen LogP contribution >= 0.6 is 0 Å². The van der Waals surface area contributed by atoms with Gasteiger partial charge >= 0.3 is 5.97 Å². The van der Waals surface area contributed by atoms with Gasteiger partial charge in [-0.1, -0.05) is 39.7 Å². The van der Waals surface area contributed by atoms with Crippen molar-refractivity contribution in [2.45, 2.75) is 65.7 Å². The van der Waals surface area contributed by atoms with Gasteiger partial charge in [0.15, 0.2) is 17.3 Å². The number of ketones is 1. The van der Waals surface area contributed by atoms with Crippen LogP contribution < -0.4 is 14.8 Å². The van der Waals surface area contributed by atoms with E-state index in [0.717, 1.165) is 42.6 Å². The average Bonchev–Trinajstić information content (AvgIpc) is 2.74. The lowest BCUT2D eigenvalue weighted by Gasteiger charge is -2.39. The lowest BCUT2D eigenvalue weighted by molar-refractivity contribution is -0.139. The molecule has 0 bridgehead atoms. The molecular formula is C26H35NO5. The first kappa shape index (κ1) is 23.9. The van der Waals surface area contributed by atoms with E-state index in [-0.39, 0.29) is 17.2 Å². The molecule has 0 spiro atoms. The maximum Gasteiger partial charge on any atom is 0.336 e. The third-order valence-corrected chi connectivity index (χ3v) is 6.18. The number of hydrogen-bond acceptors (Lipinski definition) is 6. The minimum Gasteiger partial charge on any atom is -0.493 e. The standard InChI is InChI=1S/C26H35NO5/c1-7-8-9-12-32-25(29)22-16(2)27-18-14-26(3,4)15-19(28)24(18)23(22)17-10-11-20(30-5)21(13-17)31-6/h10-11,13,23,27H,7-9,12,14-15H2,1-6H3/t23-/m0/s1. The Hall–Kier alpha value is -2.76. The summed E-state index contributed by atoms with van der Waals surface area (Å²) in [6, 6.07) is 5.56. The van der Waals surface area contributed by atoms with Crippen molar-refractivity contribution in [2.24, 2.45) is 5.41 Å². The molecule has 0 aromatic heterocycles. The first-order chi connectivity index (χ1) is 15.2. The normalized spacial score (nSPS) is 19.9. The number of allylic oxidation sites excluding steroid dienone is 3. The molecule has 2 aliphatic rings. The lowest BCUT2D eigenvalue weighted by atomic mass is 9.68. The Labute approximate surface area is 191 Å². The molecule has 6 heteroatoms. The fourth-order valence-electron chi connectivity index (χ4n) is 4.67. The molecule has 6 nitrogen and oxygen atoms in total. The van der Waals surface area contributed by atoms with Gasteiger partial charge in [-0.2, -0.15) is 0 Å². The summed E-state index contributed by atoms with van der Waals surface area (Å²) in [5, 5.41) is 3.37. The van der Waals surface area contributed by atoms with Gasteiger partial charge in [-0.3, -0.25) is 4.79 Å². The van der Waals surface area contributed by atoms with Crippen LogP contribution in [-0.4, -0.2) is 32.6 Å². The number of unbranched alkanes of at least 4 members (excludes halogenated alkanes) is 2. The Kier molecular flexibility index (Phi) is 7.32. The summed E-state index contributed by atoms with van der Waals surface area (Å²) in [6.45, 7) is 8.55. The third-order valence-electron chi connectivity index (χ3n) is 6.18. The van der Waals surface area contributed by atoms with E-state index in [9.17, 15) is 9.59 Å². The van der Waals surface area contributed by atoms with Crippen molar-refractivity contribution < 1.29 is 23.8 Å². The molecule has 0 radical (unpaired) electrons. The highest BCUT2D eigenvalue weighted by atomic mass is 16.5. The molecule has 1 N–H and O–H groups in total. The number of rotatable bonds is 8.